The molecule has 0 saturated heterocycles. The van der Waals surface area contributed by atoms with Crippen LogP contribution in [0.5, 0.6) is 0 Å². The normalized spacial score (nSPS) is 24.5. The molecule has 2 rings (SSSR count). The molecule has 0 aliphatic heterocycles. The smallest absolute Gasteiger partial charge is 0.0586 e. The molecule has 42 heavy (non-hydrogen) atoms. The fraction of sp³-hybridized carbons (Fsp3) is 0.450. The lowest BCUT2D eigenvalue weighted by Crippen LogP contribution is -2.28. The van der Waals surface area contributed by atoms with Gasteiger partial charge >= 0.3 is 0 Å². The molecule has 2 N–H and O–H groups in total. The molecule has 0 bridgehead atoms. The zero-order valence-electron chi connectivity index (χ0n) is 27.8. The summed E-state index contributed by atoms with van der Waals surface area (Å²) >= 11 is 0. The topological polar surface area (TPSA) is 40.5 Å². The first kappa shape index (κ1) is 35.1. The van der Waals surface area contributed by atoms with Crippen molar-refractivity contribution in [2.45, 2.75) is 107 Å². The molecule has 0 spiro atoms. The number of aliphatic hydroxyl groups is 2. The van der Waals surface area contributed by atoms with E-state index in [4.69, 9.17) is 0 Å². The van der Waals surface area contributed by atoms with Crippen molar-refractivity contribution in [3.8, 4) is 11.8 Å². The maximum atomic E-state index is 10.1. The van der Waals surface area contributed by atoms with Crippen LogP contribution in [0.1, 0.15) is 94.9 Å². The molecule has 0 saturated carbocycles. The van der Waals surface area contributed by atoms with Crippen molar-refractivity contribution < 1.29 is 10.2 Å². The molecule has 0 heterocycles. The summed E-state index contributed by atoms with van der Waals surface area (Å²) in [4.78, 5) is 0. The van der Waals surface area contributed by atoms with E-state index in [2.05, 4.69) is 135 Å². The minimum absolute atomic E-state index is 0.00283. The van der Waals surface area contributed by atoms with Gasteiger partial charge in [-0.2, -0.15) is 0 Å². The number of aliphatic hydroxyl groups excluding tert-OH is 2. The highest BCUT2D eigenvalue weighted by Crippen LogP contribution is 2.41. The number of hydrogen-bond donors (Lipinski definition) is 2. The summed E-state index contributed by atoms with van der Waals surface area (Å²) in [6, 6.07) is 0. The van der Waals surface area contributed by atoms with E-state index in [-0.39, 0.29) is 23.0 Å². The van der Waals surface area contributed by atoms with Gasteiger partial charge in [0.2, 0.25) is 0 Å². The van der Waals surface area contributed by atoms with Crippen LogP contribution in [-0.4, -0.2) is 22.4 Å². The lowest BCUT2D eigenvalue weighted by molar-refractivity contribution is 0.116. The summed E-state index contributed by atoms with van der Waals surface area (Å²) < 4.78 is 0. The van der Waals surface area contributed by atoms with Gasteiger partial charge in [-0.15, -0.1) is 0 Å². The maximum Gasteiger partial charge on any atom is 0.0586 e. The Balaban J connectivity index is 1.92. The van der Waals surface area contributed by atoms with E-state index in [0.717, 1.165) is 36.8 Å². The Morgan fingerprint density at radius 3 is 1.69 bits per heavy atom. The molecule has 0 aromatic carbocycles. The van der Waals surface area contributed by atoms with Gasteiger partial charge in [-0.05, 0) is 83.8 Å². The number of allylic oxidation sites excluding steroid dienone is 18. The van der Waals surface area contributed by atoms with Crippen LogP contribution in [0.25, 0.3) is 0 Å². The van der Waals surface area contributed by atoms with Crippen molar-refractivity contribution in [3.05, 3.63) is 117 Å². The summed E-state index contributed by atoms with van der Waals surface area (Å²) in [6.07, 6.45) is 27.8. The molecule has 226 valence electrons. The highest BCUT2D eigenvalue weighted by Gasteiger charge is 2.32. The molecule has 2 aliphatic carbocycles. The third-order valence-corrected chi connectivity index (χ3v) is 8.02. The van der Waals surface area contributed by atoms with Crippen LogP contribution in [0, 0.1) is 22.7 Å². The quantitative estimate of drug-likeness (QED) is 0.227. The van der Waals surface area contributed by atoms with Crippen LogP contribution >= 0.6 is 0 Å². The Hall–Kier alpha value is -3.12. The first-order chi connectivity index (χ1) is 19.6. The van der Waals surface area contributed by atoms with Crippen molar-refractivity contribution in [3.63, 3.8) is 0 Å². The Bertz CT molecular complexity index is 1340. The van der Waals surface area contributed by atoms with Crippen LogP contribution in [0.4, 0.5) is 0 Å². The average Bonchev–Trinajstić information content (AvgIpc) is 2.84. The lowest BCUT2D eigenvalue weighted by atomic mass is 9.71. The van der Waals surface area contributed by atoms with Crippen molar-refractivity contribution >= 4 is 0 Å². The predicted molar refractivity (Wildman–Crippen MR) is 183 cm³/mol. The predicted octanol–water partition coefficient (Wildman–Crippen LogP) is 9.99. The van der Waals surface area contributed by atoms with Crippen molar-refractivity contribution in [2.24, 2.45) is 10.8 Å². The molecular weight excluding hydrogens is 512 g/mol. The summed E-state index contributed by atoms with van der Waals surface area (Å²) in [5.74, 6) is 6.68. The van der Waals surface area contributed by atoms with E-state index >= 15 is 0 Å². The summed E-state index contributed by atoms with van der Waals surface area (Å²) in [5.41, 5.74) is 9.48. The SMILES string of the molecule is CC1=C(C#C/C(C)=C/C=C/C(C)=C/C=C/C=C(C)/C=C/C=C(C)/C=C/C2=C(C)C[C@@H](O)CC2(C)C)C(C)(C)C[C@H](O)C1. The highest BCUT2D eigenvalue weighted by molar-refractivity contribution is 5.45. The molecule has 2 heteroatoms. The molecule has 0 amide bonds. The minimum atomic E-state index is -0.260. The van der Waals surface area contributed by atoms with Crippen molar-refractivity contribution in [1.82, 2.24) is 0 Å². The van der Waals surface area contributed by atoms with Crippen LogP contribution in [-0.2, 0) is 0 Å². The van der Waals surface area contributed by atoms with E-state index in [0.29, 0.717) is 0 Å². The third-order valence-electron chi connectivity index (χ3n) is 8.02. The summed E-state index contributed by atoms with van der Waals surface area (Å²) in [5, 5.41) is 20.2. The largest absolute Gasteiger partial charge is 0.393 e. The van der Waals surface area contributed by atoms with Crippen LogP contribution in [0.2, 0.25) is 0 Å². The Morgan fingerprint density at radius 1 is 0.667 bits per heavy atom. The molecule has 2 atom stereocenters. The second-order valence-corrected chi connectivity index (χ2v) is 13.5. The van der Waals surface area contributed by atoms with Gasteiger partial charge < -0.3 is 10.2 Å². The van der Waals surface area contributed by atoms with Gasteiger partial charge in [0.25, 0.3) is 0 Å². The molecular formula is C40H54O2. The minimum Gasteiger partial charge on any atom is -0.393 e. The first-order valence-electron chi connectivity index (χ1n) is 15.3. The van der Waals surface area contributed by atoms with Gasteiger partial charge in [-0.1, -0.05) is 140 Å². The molecule has 0 unspecified atom stereocenters. The fourth-order valence-corrected chi connectivity index (χ4v) is 5.95. The van der Waals surface area contributed by atoms with E-state index in [1.165, 1.54) is 33.4 Å². The number of rotatable bonds is 8. The van der Waals surface area contributed by atoms with E-state index in [9.17, 15) is 10.2 Å². The zero-order valence-corrected chi connectivity index (χ0v) is 27.8. The van der Waals surface area contributed by atoms with Crippen LogP contribution in [0.15, 0.2) is 117 Å². The van der Waals surface area contributed by atoms with Crippen LogP contribution in [0.3, 0.4) is 0 Å². The second-order valence-electron chi connectivity index (χ2n) is 13.5. The van der Waals surface area contributed by atoms with Gasteiger partial charge in [-0.3, -0.25) is 0 Å². The van der Waals surface area contributed by atoms with Gasteiger partial charge in [0.1, 0.15) is 0 Å². The third kappa shape index (κ3) is 11.6. The number of hydrogen-bond acceptors (Lipinski definition) is 2. The van der Waals surface area contributed by atoms with E-state index in [1.54, 1.807) is 0 Å². The Morgan fingerprint density at radius 2 is 1.14 bits per heavy atom. The van der Waals surface area contributed by atoms with Crippen molar-refractivity contribution in [1.29, 1.82) is 0 Å². The summed E-state index contributed by atoms with van der Waals surface area (Å²) in [6.45, 7) is 21.3. The molecule has 2 nitrogen and oxygen atoms in total. The van der Waals surface area contributed by atoms with Gasteiger partial charge in [0.05, 0.1) is 12.2 Å². The Kier molecular flexibility index (Phi) is 13.3. The monoisotopic (exact) mass is 566 g/mol. The second kappa shape index (κ2) is 15.9. The van der Waals surface area contributed by atoms with Gasteiger partial charge in [-0.25, -0.2) is 0 Å². The molecule has 2 aliphatic rings. The molecule has 0 radical (unpaired) electrons. The maximum absolute atomic E-state index is 10.1. The molecule has 0 aromatic heterocycles. The average molecular weight is 567 g/mol. The lowest BCUT2D eigenvalue weighted by Gasteiger charge is -2.35. The van der Waals surface area contributed by atoms with Crippen molar-refractivity contribution in [2.75, 3.05) is 0 Å². The van der Waals surface area contributed by atoms with Crippen LogP contribution < -0.4 is 0 Å². The van der Waals surface area contributed by atoms with E-state index < -0.39 is 0 Å². The Labute approximate surface area is 257 Å². The fourth-order valence-electron chi connectivity index (χ4n) is 5.95. The molecule has 0 fully saturated rings. The summed E-state index contributed by atoms with van der Waals surface area (Å²) in [7, 11) is 0. The standard InChI is InChI=1S/C40H54O2/c1-29(17-13-19-31(3)21-23-37-33(5)25-35(41)27-39(37,7)8)15-11-12-16-30(2)18-14-20-32(4)22-24-38-34(6)26-36(42)28-40(38,9)10/h11-21,23,35-36,41-42H,25-28H2,1-10H3/b12-11+,17-13+,18-14+,23-21+,29-15+,30-16+,31-19+,32-20+/t35-,36-/m1/s1. The zero-order chi connectivity index (χ0) is 31.5. The highest BCUT2D eigenvalue weighted by atomic mass is 16.3. The van der Waals surface area contributed by atoms with E-state index in [1.807, 2.05) is 19.1 Å². The van der Waals surface area contributed by atoms with Gasteiger partial charge in [0.15, 0.2) is 0 Å². The first-order valence-corrected chi connectivity index (χ1v) is 15.3. The van der Waals surface area contributed by atoms with Gasteiger partial charge in [0, 0.05) is 11.0 Å². The molecule has 0 aromatic rings.